The monoisotopic (exact) mass is 453 g/mol. The third kappa shape index (κ3) is 11.2. The van der Waals surface area contributed by atoms with Gasteiger partial charge in [-0.15, -0.1) is 0 Å². The third-order valence-corrected chi connectivity index (χ3v) is 10.3. The molecule has 0 aliphatic rings. The second-order valence-electron chi connectivity index (χ2n) is 6.46. The quantitative estimate of drug-likeness (QED) is 0.120. The summed E-state index contributed by atoms with van der Waals surface area (Å²) < 4.78 is 24.3. The number of benzene rings is 1. The first-order valence-electron chi connectivity index (χ1n) is 9.38. The maximum Gasteiger partial charge on any atom is 0.285 e. The topological polar surface area (TPSA) is 77.3 Å². The van der Waals surface area contributed by atoms with Crippen molar-refractivity contribution in [1.29, 1.82) is 0 Å². The zero-order valence-corrected chi connectivity index (χ0v) is 18.9. The summed E-state index contributed by atoms with van der Waals surface area (Å²) in [7, 11) is -1.73. The first-order valence-corrected chi connectivity index (χ1v) is 14.1. The van der Waals surface area contributed by atoms with E-state index in [1.165, 1.54) is 56.7 Å². The predicted octanol–water partition coefficient (Wildman–Crippen LogP) is 7.24. The fraction of sp³-hybridized carbons (Fsp3) is 0.667. The Labute approximate surface area is 174 Å². The Morgan fingerprint density at radius 3 is 2.11 bits per heavy atom. The van der Waals surface area contributed by atoms with Crippen molar-refractivity contribution in [3.8, 4) is 0 Å². The van der Waals surface area contributed by atoms with Crippen LogP contribution < -0.4 is 0 Å². The van der Waals surface area contributed by atoms with Crippen LogP contribution in [0.5, 0.6) is 0 Å². The highest BCUT2D eigenvalue weighted by Crippen LogP contribution is 2.41. The molecule has 0 atom stereocenters. The Morgan fingerprint density at radius 2 is 1.56 bits per heavy atom. The highest BCUT2D eigenvalue weighted by atomic mass is 35.5. The van der Waals surface area contributed by atoms with Gasteiger partial charge in [-0.2, -0.15) is 0 Å². The maximum atomic E-state index is 12.1. The number of rotatable bonds is 15. The zero-order valence-electron chi connectivity index (χ0n) is 15.7. The van der Waals surface area contributed by atoms with E-state index in [9.17, 15) is 18.5 Å². The van der Waals surface area contributed by atoms with Gasteiger partial charge in [0, 0.05) is 20.9 Å². The molecular formula is C18H28ClNO4S3. The van der Waals surface area contributed by atoms with Crippen molar-refractivity contribution in [1.82, 2.24) is 0 Å². The summed E-state index contributed by atoms with van der Waals surface area (Å²) in [6, 6.07) is 4.24. The number of nitrogens with zero attached hydrogens (tertiary/aromatic N) is 1. The molecular weight excluding hydrogens is 426 g/mol. The highest BCUT2D eigenvalue weighted by Gasteiger charge is 2.19. The van der Waals surface area contributed by atoms with Gasteiger partial charge in [-0.05, 0) is 29.3 Å². The van der Waals surface area contributed by atoms with Crippen LogP contribution in [0.15, 0.2) is 23.1 Å². The van der Waals surface area contributed by atoms with E-state index < -0.39 is 13.8 Å². The van der Waals surface area contributed by atoms with Crippen LogP contribution >= 0.6 is 32.2 Å². The van der Waals surface area contributed by atoms with Crippen LogP contribution in [0.1, 0.15) is 71.1 Å². The fourth-order valence-corrected chi connectivity index (χ4v) is 7.62. The summed E-state index contributed by atoms with van der Waals surface area (Å²) in [4.78, 5) is 10.8. The Morgan fingerprint density at radius 1 is 1.00 bits per heavy atom. The first kappa shape index (κ1) is 24.6. The van der Waals surface area contributed by atoms with Crippen molar-refractivity contribution in [3.63, 3.8) is 0 Å². The Hall–Kier alpha value is -0.440. The van der Waals surface area contributed by atoms with Gasteiger partial charge in [-0.3, -0.25) is 10.1 Å². The lowest BCUT2D eigenvalue weighted by molar-refractivity contribution is -0.387. The van der Waals surface area contributed by atoms with E-state index in [1.54, 1.807) is 0 Å². The summed E-state index contributed by atoms with van der Waals surface area (Å²) in [5.74, 6) is 0.0998. The Bertz CT molecular complexity index is 683. The Kier molecular flexibility index (Phi) is 12.5. The number of nitro benzene ring substituents is 1. The van der Waals surface area contributed by atoms with Crippen molar-refractivity contribution >= 4 is 46.8 Å². The first-order chi connectivity index (χ1) is 12.9. The summed E-state index contributed by atoms with van der Waals surface area (Å²) in [5, 5.41) is 11.3. The molecule has 154 valence electrons. The number of hydrogen-bond donors (Lipinski definition) is 0. The van der Waals surface area contributed by atoms with Gasteiger partial charge in [0.1, 0.15) is 0 Å². The van der Waals surface area contributed by atoms with E-state index in [0.717, 1.165) is 30.1 Å². The summed E-state index contributed by atoms with van der Waals surface area (Å²) in [6.45, 7) is 2.21. The van der Waals surface area contributed by atoms with E-state index in [1.807, 2.05) is 0 Å². The third-order valence-electron chi connectivity index (χ3n) is 4.09. The molecule has 0 heterocycles. The molecule has 27 heavy (non-hydrogen) atoms. The SMILES string of the molecule is CCCCCCCCCCCCS(=O)(=O)SSc1ccc(Cl)cc1[N+](=O)[O-]. The molecule has 5 nitrogen and oxygen atoms in total. The zero-order chi connectivity index (χ0) is 20.1. The van der Waals surface area contributed by atoms with Crippen LogP contribution in [0, 0.1) is 10.1 Å². The molecule has 0 N–H and O–H groups in total. The van der Waals surface area contributed by atoms with Gasteiger partial charge >= 0.3 is 0 Å². The van der Waals surface area contributed by atoms with Gasteiger partial charge in [0.05, 0.1) is 15.6 Å². The largest absolute Gasteiger partial charge is 0.285 e. The minimum absolute atomic E-state index is 0.0998. The van der Waals surface area contributed by atoms with Crippen molar-refractivity contribution in [3.05, 3.63) is 33.3 Å². The average molecular weight is 454 g/mol. The standard InChI is InChI=1S/C18H28ClNO4S3/c1-2-3-4-5-6-7-8-9-10-11-14-27(23,24)26-25-18-13-12-16(19)15-17(18)20(21)22/h12-13,15H,2-11,14H2,1H3. The van der Waals surface area contributed by atoms with E-state index >= 15 is 0 Å². The van der Waals surface area contributed by atoms with Crippen molar-refractivity contribution in [2.45, 2.75) is 76.0 Å². The van der Waals surface area contributed by atoms with E-state index in [0.29, 0.717) is 21.1 Å². The predicted molar refractivity (Wildman–Crippen MR) is 117 cm³/mol. The normalized spacial score (nSPS) is 11.6. The Balaban J connectivity index is 2.24. The van der Waals surface area contributed by atoms with Crippen LogP contribution in [0.25, 0.3) is 0 Å². The van der Waals surface area contributed by atoms with Gasteiger partial charge in [0.2, 0.25) is 8.87 Å². The molecule has 0 saturated carbocycles. The number of hydrogen-bond acceptors (Lipinski definition) is 6. The van der Waals surface area contributed by atoms with E-state index in [-0.39, 0.29) is 16.5 Å². The van der Waals surface area contributed by atoms with E-state index in [4.69, 9.17) is 11.6 Å². The number of halogens is 1. The number of unbranched alkanes of at least 4 members (excludes halogenated alkanes) is 9. The van der Waals surface area contributed by atoms with Crippen LogP contribution in [0.4, 0.5) is 5.69 Å². The number of nitro groups is 1. The molecule has 0 amide bonds. The molecule has 0 bridgehead atoms. The molecule has 0 aliphatic carbocycles. The minimum atomic E-state index is -3.32. The molecule has 1 aromatic carbocycles. The second-order valence-corrected chi connectivity index (χ2v) is 12.8. The van der Waals surface area contributed by atoms with Crippen LogP contribution in [-0.2, 0) is 8.87 Å². The fourth-order valence-electron chi connectivity index (χ4n) is 2.59. The average Bonchev–Trinajstić information content (AvgIpc) is 2.62. The smallest absolute Gasteiger partial charge is 0.258 e. The molecule has 0 spiro atoms. The minimum Gasteiger partial charge on any atom is -0.258 e. The molecule has 1 aromatic rings. The van der Waals surface area contributed by atoms with Crippen LogP contribution in [-0.4, -0.2) is 19.1 Å². The molecule has 9 heteroatoms. The summed E-state index contributed by atoms with van der Waals surface area (Å²) in [5.41, 5.74) is -0.172. The molecule has 0 aliphatic heterocycles. The second kappa shape index (κ2) is 13.7. The van der Waals surface area contributed by atoms with Gasteiger partial charge in [0.15, 0.2) is 0 Å². The van der Waals surface area contributed by atoms with Gasteiger partial charge in [0.25, 0.3) is 5.69 Å². The molecule has 1 rings (SSSR count). The van der Waals surface area contributed by atoms with Crippen molar-refractivity contribution in [2.24, 2.45) is 0 Å². The van der Waals surface area contributed by atoms with Gasteiger partial charge in [-0.25, -0.2) is 8.42 Å². The van der Waals surface area contributed by atoms with Gasteiger partial charge in [-0.1, -0.05) is 76.3 Å². The van der Waals surface area contributed by atoms with Crippen molar-refractivity contribution < 1.29 is 13.3 Å². The maximum absolute atomic E-state index is 12.1. The van der Waals surface area contributed by atoms with Crippen LogP contribution in [0.3, 0.4) is 0 Å². The summed E-state index contributed by atoms with van der Waals surface area (Å²) >= 11 is 5.76. The van der Waals surface area contributed by atoms with E-state index in [2.05, 4.69) is 6.92 Å². The molecule has 0 fully saturated rings. The molecule has 0 saturated heterocycles. The molecule has 0 aromatic heterocycles. The highest BCUT2D eigenvalue weighted by molar-refractivity contribution is 9.06. The lowest BCUT2D eigenvalue weighted by atomic mass is 10.1. The van der Waals surface area contributed by atoms with Gasteiger partial charge < -0.3 is 0 Å². The van der Waals surface area contributed by atoms with Crippen molar-refractivity contribution in [2.75, 3.05) is 5.75 Å². The van der Waals surface area contributed by atoms with Crippen LogP contribution in [0.2, 0.25) is 5.02 Å². The molecule has 0 radical (unpaired) electrons. The molecule has 0 unspecified atom stereocenters. The lowest BCUT2D eigenvalue weighted by Gasteiger charge is -2.05. The summed E-state index contributed by atoms with van der Waals surface area (Å²) in [6.07, 6.45) is 11.4. The lowest BCUT2D eigenvalue weighted by Crippen LogP contribution is -1.99.